The molecule has 0 aromatic heterocycles. The summed E-state index contributed by atoms with van der Waals surface area (Å²) in [6.45, 7) is 7.48. The third-order valence-electron chi connectivity index (χ3n) is 4.18. The van der Waals surface area contributed by atoms with E-state index < -0.39 is 24.4 Å². The first kappa shape index (κ1) is 18.3. The molecule has 6 nitrogen and oxygen atoms in total. The first-order chi connectivity index (χ1) is 11.1. The Bertz CT molecular complexity index is 595. The standard InChI is InChI=1S/C18H26N2O4/c1-12(21)14-15(22)19(5)16(18(2,3)4)20(14)17(23)24-11-13-9-7-6-8-10-13/h6-10,12,14,16,21H,11H2,1-5H3. The number of rotatable bonds is 3. The average Bonchev–Trinajstić information content (AvgIpc) is 2.78. The molecule has 24 heavy (non-hydrogen) atoms. The number of benzene rings is 1. The zero-order valence-corrected chi connectivity index (χ0v) is 14.9. The SMILES string of the molecule is CC(O)C1C(=O)N(C)C(C(C)(C)C)N1C(=O)OCc1ccccc1. The zero-order valence-electron chi connectivity index (χ0n) is 14.9. The maximum atomic E-state index is 12.7. The van der Waals surface area contributed by atoms with Gasteiger partial charge in [0.05, 0.1) is 6.10 Å². The smallest absolute Gasteiger partial charge is 0.412 e. The van der Waals surface area contributed by atoms with Crippen molar-refractivity contribution in [2.24, 2.45) is 5.41 Å². The van der Waals surface area contributed by atoms with E-state index in [1.807, 2.05) is 51.1 Å². The molecule has 0 aliphatic carbocycles. The van der Waals surface area contributed by atoms with Gasteiger partial charge < -0.3 is 14.7 Å². The van der Waals surface area contributed by atoms with Crippen LogP contribution in [0.25, 0.3) is 0 Å². The van der Waals surface area contributed by atoms with E-state index in [-0.39, 0.29) is 17.9 Å². The quantitative estimate of drug-likeness (QED) is 0.920. The highest BCUT2D eigenvalue weighted by atomic mass is 16.6. The normalized spacial score (nSPS) is 22.7. The van der Waals surface area contributed by atoms with Crippen LogP contribution in [0.5, 0.6) is 0 Å². The number of likely N-dealkylation sites (N-methyl/N-ethyl adjacent to an activating group) is 1. The molecule has 6 heteroatoms. The fourth-order valence-corrected chi connectivity index (χ4v) is 3.23. The number of aliphatic hydroxyl groups is 1. The number of aliphatic hydroxyl groups excluding tert-OH is 1. The molecule has 2 amide bonds. The second-order valence-corrected chi connectivity index (χ2v) is 7.32. The first-order valence-electron chi connectivity index (χ1n) is 8.08. The lowest BCUT2D eigenvalue weighted by Gasteiger charge is -2.38. The van der Waals surface area contributed by atoms with Crippen LogP contribution in [0.1, 0.15) is 33.3 Å². The van der Waals surface area contributed by atoms with Crippen LogP contribution in [0.15, 0.2) is 30.3 Å². The number of carbonyl (C=O) groups excluding carboxylic acids is 2. The average molecular weight is 334 g/mol. The molecule has 0 radical (unpaired) electrons. The third kappa shape index (κ3) is 3.53. The van der Waals surface area contributed by atoms with Crippen molar-refractivity contribution in [3.8, 4) is 0 Å². The highest BCUT2D eigenvalue weighted by Crippen LogP contribution is 2.35. The van der Waals surface area contributed by atoms with Gasteiger partial charge >= 0.3 is 6.09 Å². The predicted molar refractivity (Wildman–Crippen MR) is 89.9 cm³/mol. The molecule has 1 heterocycles. The van der Waals surface area contributed by atoms with Gasteiger partial charge in [0.1, 0.15) is 18.8 Å². The second-order valence-electron chi connectivity index (χ2n) is 7.32. The van der Waals surface area contributed by atoms with Crippen molar-refractivity contribution in [2.75, 3.05) is 7.05 Å². The summed E-state index contributed by atoms with van der Waals surface area (Å²) in [7, 11) is 1.65. The summed E-state index contributed by atoms with van der Waals surface area (Å²) in [4.78, 5) is 28.1. The molecule has 1 aromatic carbocycles. The summed E-state index contributed by atoms with van der Waals surface area (Å²) >= 11 is 0. The molecule has 1 aromatic rings. The van der Waals surface area contributed by atoms with Gasteiger partial charge in [-0.3, -0.25) is 9.69 Å². The Labute approximate surface area is 143 Å². The second kappa shape index (κ2) is 6.81. The van der Waals surface area contributed by atoms with Crippen LogP contribution in [-0.2, 0) is 16.1 Å². The van der Waals surface area contributed by atoms with Gasteiger partial charge in [0.25, 0.3) is 0 Å². The van der Waals surface area contributed by atoms with E-state index >= 15 is 0 Å². The molecule has 0 saturated carbocycles. The Kier molecular flexibility index (Phi) is 5.18. The van der Waals surface area contributed by atoms with Gasteiger partial charge in [-0.25, -0.2) is 4.79 Å². The van der Waals surface area contributed by atoms with Gasteiger partial charge in [-0.2, -0.15) is 0 Å². The first-order valence-corrected chi connectivity index (χ1v) is 8.08. The number of hydrogen-bond acceptors (Lipinski definition) is 4. The maximum absolute atomic E-state index is 12.7. The van der Waals surface area contributed by atoms with Gasteiger partial charge in [-0.05, 0) is 12.5 Å². The van der Waals surface area contributed by atoms with Crippen LogP contribution in [0.2, 0.25) is 0 Å². The van der Waals surface area contributed by atoms with Crippen molar-refractivity contribution in [3.05, 3.63) is 35.9 Å². The van der Waals surface area contributed by atoms with E-state index in [1.54, 1.807) is 7.05 Å². The number of hydrogen-bond donors (Lipinski definition) is 1. The predicted octanol–water partition coefficient (Wildman–Crippen LogP) is 2.22. The van der Waals surface area contributed by atoms with E-state index in [0.717, 1.165) is 5.56 Å². The van der Waals surface area contributed by atoms with Crippen LogP contribution in [0.3, 0.4) is 0 Å². The molecule has 132 valence electrons. The lowest BCUT2D eigenvalue weighted by Crippen LogP contribution is -2.52. The molecular formula is C18H26N2O4. The van der Waals surface area contributed by atoms with Crippen molar-refractivity contribution in [2.45, 2.75) is 52.6 Å². The van der Waals surface area contributed by atoms with Crippen LogP contribution in [0, 0.1) is 5.41 Å². The molecule has 3 unspecified atom stereocenters. The molecule has 1 N–H and O–H groups in total. The molecule has 2 rings (SSSR count). The van der Waals surface area contributed by atoms with Crippen LogP contribution >= 0.6 is 0 Å². The molecular weight excluding hydrogens is 308 g/mol. The van der Waals surface area contributed by atoms with E-state index in [9.17, 15) is 14.7 Å². The topological polar surface area (TPSA) is 70.1 Å². The number of nitrogens with zero attached hydrogens (tertiary/aromatic N) is 2. The van der Waals surface area contributed by atoms with Crippen LogP contribution in [-0.4, -0.2) is 52.3 Å². The highest BCUT2D eigenvalue weighted by Gasteiger charge is 2.53. The maximum Gasteiger partial charge on any atom is 0.412 e. The van der Waals surface area contributed by atoms with E-state index in [0.29, 0.717) is 0 Å². The lowest BCUT2D eigenvalue weighted by atomic mass is 9.91. The van der Waals surface area contributed by atoms with Gasteiger partial charge in [-0.15, -0.1) is 0 Å². The fourth-order valence-electron chi connectivity index (χ4n) is 3.23. The molecule has 3 atom stereocenters. The lowest BCUT2D eigenvalue weighted by molar-refractivity contribution is -0.131. The summed E-state index contributed by atoms with van der Waals surface area (Å²) in [6, 6.07) is 8.42. The summed E-state index contributed by atoms with van der Waals surface area (Å²) in [5.74, 6) is -0.276. The highest BCUT2D eigenvalue weighted by molar-refractivity contribution is 5.90. The Morgan fingerprint density at radius 1 is 1.29 bits per heavy atom. The van der Waals surface area contributed by atoms with Gasteiger partial charge in [-0.1, -0.05) is 51.1 Å². The Hall–Kier alpha value is -2.08. The minimum absolute atomic E-state index is 0.122. The molecule has 1 aliphatic rings. The molecule has 1 fully saturated rings. The van der Waals surface area contributed by atoms with Gasteiger partial charge in [0, 0.05) is 12.5 Å². The van der Waals surface area contributed by atoms with Crippen LogP contribution < -0.4 is 0 Å². The third-order valence-corrected chi connectivity index (χ3v) is 4.18. The summed E-state index contributed by atoms with van der Waals surface area (Å²) < 4.78 is 5.41. The van der Waals surface area contributed by atoms with Crippen molar-refractivity contribution >= 4 is 12.0 Å². The van der Waals surface area contributed by atoms with Crippen molar-refractivity contribution in [1.29, 1.82) is 0 Å². The Balaban J connectivity index is 2.24. The fraction of sp³-hybridized carbons (Fsp3) is 0.556. The number of amides is 2. The molecule has 1 aliphatic heterocycles. The summed E-state index contributed by atoms with van der Waals surface area (Å²) in [5.41, 5.74) is 0.491. The van der Waals surface area contributed by atoms with Crippen molar-refractivity contribution in [3.63, 3.8) is 0 Å². The van der Waals surface area contributed by atoms with Gasteiger partial charge in [0.2, 0.25) is 5.91 Å². The summed E-state index contributed by atoms with van der Waals surface area (Å²) in [5, 5.41) is 10.0. The minimum Gasteiger partial charge on any atom is -0.444 e. The van der Waals surface area contributed by atoms with E-state index in [4.69, 9.17) is 4.74 Å². The summed E-state index contributed by atoms with van der Waals surface area (Å²) in [6.07, 6.45) is -2.05. The Morgan fingerprint density at radius 3 is 2.38 bits per heavy atom. The molecule has 1 saturated heterocycles. The minimum atomic E-state index is -0.975. The van der Waals surface area contributed by atoms with E-state index in [2.05, 4.69) is 0 Å². The van der Waals surface area contributed by atoms with Crippen molar-refractivity contribution < 1.29 is 19.4 Å². The largest absolute Gasteiger partial charge is 0.444 e. The number of ether oxygens (including phenoxy) is 1. The monoisotopic (exact) mass is 334 g/mol. The van der Waals surface area contributed by atoms with Crippen LogP contribution in [0.4, 0.5) is 4.79 Å². The number of carbonyl (C=O) groups is 2. The zero-order chi connectivity index (χ0) is 18.1. The van der Waals surface area contributed by atoms with Gasteiger partial charge in [0.15, 0.2) is 0 Å². The molecule has 0 spiro atoms. The van der Waals surface area contributed by atoms with E-state index in [1.165, 1.54) is 16.7 Å². The van der Waals surface area contributed by atoms with Crippen molar-refractivity contribution in [1.82, 2.24) is 9.80 Å². The molecule has 0 bridgehead atoms. The Morgan fingerprint density at radius 2 is 1.88 bits per heavy atom.